The van der Waals surface area contributed by atoms with Crippen LogP contribution in [0, 0.1) is 0 Å². The maximum absolute atomic E-state index is 11.1. The van der Waals surface area contributed by atoms with Gasteiger partial charge in [-0.1, -0.05) is 11.8 Å². The van der Waals surface area contributed by atoms with E-state index in [2.05, 4.69) is 20.8 Å². The summed E-state index contributed by atoms with van der Waals surface area (Å²) >= 11 is 1.50. The molecule has 7 heteroatoms. The Hall–Kier alpha value is -1.76. The smallest absolute Gasteiger partial charge is 0.319 e. The summed E-state index contributed by atoms with van der Waals surface area (Å²) in [7, 11) is 1.57. The number of nitrogens with one attached hydrogen (secondary N) is 2. The number of nitrogens with zero attached hydrogens (tertiary/aromatic N) is 3. The van der Waals surface area contributed by atoms with Crippen molar-refractivity contribution < 1.29 is 4.79 Å². The summed E-state index contributed by atoms with van der Waals surface area (Å²) in [5.41, 5.74) is 1.45. The van der Waals surface area contributed by atoms with E-state index in [4.69, 9.17) is 0 Å². The Kier molecular flexibility index (Phi) is 2.95. The lowest BCUT2D eigenvalue weighted by atomic mass is 10.4. The summed E-state index contributed by atoms with van der Waals surface area (Å²) < 4.78 is 1.83. The molecular formula is C9H11N5OS. The Morgan fingerprint density at radius 1 is 1.44 bits per heavy atom. The molecule has 0 bridgehead atoms. The van der Waals surface area contributed by atoms with Crippen molar-refractivity contribution in [3.8, 4) is 0 Å². The number of fused-ring (bicyclic) bond motifs is 1. The number of carbonyl (C=O) groups excluding carboxylic acids is 1. The minimum absolute atomic E-state index is 0.252. The molecule has 0 aliphatic rings. The third kappa shape index (κ3) is 1.94. The first-order valence-corrected chi connectivity index (χ1v) is 5.84. The molecule has 6 nitrogen and oxygen atoms in total. The third-order valence-corrected chi connectivity index (χ3v) is 2.68. The highest BCUT2D eigenvalue weighted by molar-refractivity contribution is 7.98. The highest BCUT2D eigenvalue weighted by atomic mass is 32.2. The van der Waals surface area contributed by atoms with Gasteiger partial charge in [0.25, 0.3) is 0 Å². The number of amides is 2. The van der Waals surface area contributed by atoms with E-state index in [9.17, 15) is 4.79 Å². The van der Waals surface area contributed by atoms with Crippen molar-refractivity contribution in [3.05, 3.63) is 18.3 Å². The van der Waals surface area contributed by atoms with Crippen LogP contribution in [0.2, 0.25) is 0 Å². The highest BCUT2D eigenvalue weighted by Crippen LogP contribution is 2.16. The van der Waals surface area contributed by atoms with E-state index >= 15 is 0 Å². The summed E-state index contributed by atoms with van der Waals surface area (Å²) in [6, 6.07) is 3.33. The monoisotopic (exact) mass is 237 g/mol. The van der Waals surface area contributed by atoms with Gasteiger partial charge in [-0.05, 0) is 18.4 Å². The zero-order valence-corrected chi connectivity index (χ0v) is 9.71. The molecule has 0 aliphatic carbocycles. The van der Waals surface area contributed by atoms with Crippen molar-refractivity contribution in [2.24, 2.45) is 0 Å². The molecule has 84 valence electrons. The number of thioether (sulfide) groups is 1. The molecule has 0 spiro atoms. The number of carbonyl (C=O) groups is 1. The van der Waals surface area contributed by atoms with Gasteiger partial charge in [-0.15, -0.1) is 10.2 Å². The summed E-state index contributed by atoms with van der Waals surface area (Å²) in [6.45, 7) is 0. The molecule has 0 saturated carbocycles. The Bertz CT molecular complexity index is 524. The van der Waals surface area contributed by atoms with Gasteiger partial charge in [-0.3, -0.25) is 4.40 Å². The molecule has 2 N–H and O–H groups in total. The standard InChI is InChI=1S/C9H11N5OS/c1-10-8(15)11-6-3-4-7-12-13-9(16-2)14(7)5-6/h3-5H,1-2H3,(H2,10,11,15). The lowest BCUT2D eigenvalue weighted by Crippen LogP contribution is -2.24. The van der Waals surface area contributed by atoms with Gasteiger partial charge in [-0.2, -0.15) is 0 Å². The number of hydrogen-bond acceptors (Lipinski definition) is 4. The van der Waals surface area contributed by atoms with Crippen LogP contribution in [-0.2, 0) is 0 Å². The van der Waals surface area contributed by atoms with Gasteiger partial charge in [-0.25, -0.2) is 4.79 Å². The second-order valence-electron chi connectivity index (χ2n) is 3.04. The van der Waals surface area contributed by atoms with E-state index in [1.807, 2.05) is 10.7 Å². The topological polar surface area (TPSA) is 71.3 Å². The number of urea groups is 1. The normalized spacial score (nSPS) is 10.4. The maximum Gasteiger partial charge on any atom is 0.319 e. The summed E-state index contributed by atoms with van der Waals surface area (Å²) in [6.07, 6.45) is 3.71. The van der Waals surface area contributed by atoms with Crippen molar-refractivity contribution >= 4 is 29.1 Å². The fourth-order valence-corrected chi connectivity index (χ4v) is 1.74. The fraction of sp³-hybridized carbons (Fsp3) is 0.222. The number of pyridine rings is 1. The average molecular weight is 237 g/mol. The largest absolute Gasteiger partial charge is 0.341 e. The molecule has 2 aromatic heterocycles. The maximum atomic E-state index is 11.1. The van der Waals surface area contributed by atoms with Gasteiger partial charge in [0, 0.05) is 13.2 Å². The molecule has 0 radical (unpaired) electrons. The van der Waals surface area contributed by atoms with Crippen LogP contribution in [0.15, 0.2) is 23.5 Å². The molecular weight excluding hydrogens is 226 g/mol. The van der Waals surface area contributed by atoms with Crippen molar-refractivity contribution in [1.29, 1.82) is 0 Å². The zero-order chi connectivity index (χ0) is 11.5. The van der Waals surface area contributed by atoms with E-state index in [0.29, 0.717) is 5.69 Å². The first-order valence-electron chi connectivity index (χ1n) is 4.62. The second kappa shape index (κ2) is 4.40. The number of anilines is 1. The Morgan fingerprint density at radius 2 is 2.25 bits per heavy atom. The number of rotatable bonds is 2. The molecule has 2 rings (SSSR count). The van der Waals surface area contributed by atoms with Crippen LogP contribution in [0.5, 0.6) is 0 Å². The average Bonchev–Trinajstić information content (AvgIpc) is 2.71. The van der Waals surface area contributed by atoms with Crippen molar-refractivity contribution in [2.45, 2.75) is 5.16 Å². The Labute approximate surface area is 96.4 Å². The van der Waals surface area contributed by atoms with E-state index < -0.39 is 0 Å². The van der Waals surface area contributed by atoms with Gasteiger partial charge >= 0.3 is 6.03 Å². The van der Waals surface area contributed by atoms with Crippen LogP contribution in [0.1, 0.15) is 0 Å². The predicted octanol–water partition coefficient (Wildman–Crippen LogP) is 1.20. The highest BCUT2D eigenvalue weighted by Gasteiger charge is 2.05. The number of aromatic nitrogens is 3. The molecule has 0 unspecified atom stereocenters. The molecule has 0 aliphatic heterocycles. The SMILES string of the molecule is CNC(=O)Nc1ccc2nnc(SC)n2c1. The molecule has 16 heavy (non-hydrogen) atoms. The van der Waals surface area contributed by atoms with Crippen molar-refractivity contribution in [2.75, 3.05) is 18.6 Å². The van der Waals surface area contributed by atoms with Crippen LogP contribution in [0.25, 0.3) is 5.65 Å². The molecule has 2 heterocycles. The Morgan fingerprint density at radius 3 is 2.94 bits per heavy atom. The van der Waals surface area contributed by atoms with Gasteiger partial charge < -0.3 is 10.6 Å². The lowest BCUT2D eigenvalue weighted by molar-refractivity contribution is 0.254. The van der Waals surface area contributed by atoms with Gasteiger partial charge in [0.1, 0.15) is 0 Å². The number of hydrogen-bond donors (Lipinski definition) is 2. The fourth-order valence-electron chi connectivity index (χ4n) is 1.28. The summed E-state index contributed by atoms with van der Waals surface area (Å²) in [5.74, 6) is 0. The van der Waals surface area contributed by atoms with Crippen LogP contribution >= 0.6 is 11.8 Å². The minimum atomic E-state index is -0.252. The van der Waals surface area contributed by atoms with Gasteiger partial charge in [0.15, 0.2) is 10.8 Å². The van der Waals surface area contributed by atoms with Crippen LogP contribution < -0.4 is 10.6 Å². The Balaban J connectivity index is 2.37. The lowest BCUT2D eigenvalue weighted by Gasteiger charge is -2.04. The van der Waals surface area contributed by atoms with E-state index in [-0.39, 0.29) is 6.03 Å². The molecule has 2 amide bonds. The molecule has 0 atom stereocenters. The summed E-state index contributed by atoms with van der Waals surface area (Å²) in [4.78, 5) is 11.1. The van der Waals surface area contributed by atoms with E-state index in [0.717, 1.165) is 10.8 Å². The quantitative estimate of drug-likeness (QED) is 0.770. The summed E-state index contributed by atoms with van der Waals surface area (Å²) in [5, 5.41) is 14.0. The molecule has 0 fully saturated rings. The van der Waals surface area contributed by atoms with Crippen molar-refractivity contribution in [1.82, 2.24) is 19.9 Å². The van der Waals surface area contributed by atoms with Gasteiger partial charge in [0.2, 0.25) is 0 Å². The molecule has 0 aromatic carbocycles. The van der Waals surface area contributed by atoms with Crippen LogP contribution in [0.3, 0.4) is 0 Å². The predicted molar refractivity (Wildman–Crippen MR) is 62.8 cm³/mol. The van der Waals surface area contributed by atoms with Crippen LogP contribution in [0.4, 0.5) is 10.5 Å². The third-order valence-electron chi connectivity index (χ3n) is 2.04. The second-order valence-corrected chi connectivity index (χ2v) is 3.81. The molecule has 2 aromatic rings. The van der Waals surface area contributed by atoms with E-state index in [1.165, 1.54) is 11.8 Å². The van der Waals surface area contributed by atoms with Gasteiger partial charge in [0.05, 0.1) is 5.69 Å². The van der Waals surface area contributed by atoms with Crippen molar-refractivity contribution in [3.63, 3.8) is 0 Å². The first kappa shape index (κ1) is 10.7. The van der Waals surface area contributed by atoms with E-state index in [1.54, 1.807) is 25.4 Å². The first-order chi connectivity index (χ1) is 7.74. The minimum Gasteiger partial charge on any atom is -0.341 e. The zero-order valence-electron chi connectivity index (χ0n) is 8.89. The van der Waals surface area contributed by atoms with Crippen LogP contribution in [-0.4, -0.2) is 33.9 Å². The molecule has 0 saturated heterocycles.